The number of para-hydroxylation sites is 1. The van der Waals surface area contributed by atoms with Crippen LogP contribution in [0.4, 0.5) is 0 Å². The van der Waals surface area contributed by atoms with Gasteiger partial charge >= 0.3 is 0 Å². The standard InChI is InChI=1S/C21H27N5O2S/c1-3-14(2)23-19(27)13-29-21-25-24-20(26(21)12-15-7-6-10-28-15)17-11-22-18-9-5-4-8-16(17)18/h4-5,8-9,11,14-15,22H,3,6-7,10,12-13H2,1-2H3,(H,23,27). The Balaban J connectivity index is 1.60. The second-order valence-electron chi connectivity index (χ2n) is 7.47. The van der Waals surface area contributed by atoms with Crippen molar-refractivity contribution in [2.24, 2.45) is 0 Å². The van der Waals surface area contributed by atoms with Crippen molar-refractivity contribution in [2.75, 3.05) is 12.4 Å². The Kier molecular flexibility index (Phi) is 6.20. The normalized spacial score (nSPS) is 17.7. The van der Waals surface area contributed by atoms with Crippen LogP contribution in [0.2, 0.25) is 0 Å². The number of benzene rings is 1. The van der Waals surface area contributed by atoms with Crippen molar-refractivity contribution in [1.82, 2.24) is 25.1 Å². The summed E-state index contributed by atoms with van der Waals surface area (Å²) >= 11 is 1.43. The minimum Gasteiger partial charge on any atom is -0.376 e. The van der Waals surface area contributed by atoms with Gasteiger partial charge in [0.15, 0.2) is 11.0 Å². The van der Waals surface area contributed by atoms with Crippen LogP contribution in [0, 0.1) is 0 Å². The minimum absolute atomic E-state index is 0.0182. The number of ether oxygens (including phenoxy) is 1. The number of H-pyrrole nitrogens is 1. The van der Waals surface area contributed by atoms with Crippen LogP contribution in [-0.2, 0) is 16.1 Å². The molecule has 2 atom stereocenters. The lowest BCUT2D eigenvalue weighted by molar-refractivity contribution is -0.119. The number of aromatic amines is 1. The van der Waals surface area contributed by atoms with E-state index in [2.05, 4.69) is 44.1 Å². The molecule has 1 saturated heterocycles. The van der Waals surface area contributed by atoms with Gasteiger partial charge < -0.3 is 15.0 Å². The Bertz CT molecular complexity index is 977. The molecule has 1 fully saturated rings. The first-order valence-electron chi connectivity index (χ1n) is 10.2. The SMILES string of the molecule is CCC(C)NC(=O)CSc1nnc(-c2c[nH]c3ccccc23)n1CC1CCCO1. The summed E-state index contributed by atoms with van der Waals surface area (Å²) in [5.41, 5.74) is 2.08. The molecule has 2 aromatic heterocycles. The summed E-state index contributed by atoms with van der Waals surface area (Å²) in [5, 5.41) is 13.8. The molecular weight excluding hydrogens is 386 g/mol. The van der Waals surface area contributed by atoms with Gasteiger partial charge in [-0.1, -0.05) is 36.9 Å². The molecule has 0 aliphatic carbocycles. The van der Waals surface area contributed by atoms with E-state index in [-0.39, 0.29) is 18.1 Å². The van der Waals surface area contributed by atoms with Crippen molar-refractivity contribution < 1.29 is 9.53 Å². The Morgan fingerprint density at radius 3 is 3.07 bits per heavy atom. The number of carbonyl (C=O) groups is 1. The molecule has 4 rings (SSSR count). The molecule has 1 aliphatic rings. The third-order valence-electron chi connectivity index (χ3n) is 5.31. The van der Waals surface area contributed by atoms with E-state index in [0.29, 0.717) is 12.3 Å². The highest BCUT2D eigenvalue weighted by atomic mass is 32.2. The maximum absolute atomic E-state index is 12.2. The number of fused-ring (bicyclic) bond motifs is 1. The molecular formula is C21H27N5O2S. The number of nitrogens with zero attached hydrogens (tertiary/aromatic N) is 3. The smallest absolute Gasteiger partial charge is 0.230 e. The van der Waals surface area contributed by atoms with Crippen LogP contribution < -0.4 is 5.32 Å². The van der Waals surface area contributed by atoms with Gasteiger partial charge in [0.25, 0.3) is 0 Å². The zero-order valence-electron chi connectivity index (χ0n) is 16.9. The maximum Gasteiger partial charge on any atom is 0.230 e. The molecule has 2 unspecified atom stereocenters. The molecule has 8 heteroatoms. The van der Waals surface area contributed by atoms with Crippen LogP contribution >= 0.6 is 11.8 Å². The molecule has 0 saturated carbocycles. The van der Waals surface area contributed by atoms with E-state index >= 15 is 0 Å². The molecule has 2 N–H and O–H groups in total. The number of aromatic nitrogens is 4. The number of hydrogen-bond acceptors (Lipinski definition) is 5. The second kappa shape index (κ2) is 9.00. The van der Waals surface area contributed by atoms with Gasteiger partial charge in [-0.05, 0) is 32.3 Å². The summed E-state index contributed by atoms with van der Waals surface area (Å²) in [6, 6.07) is 8.34. The lowest BCUT2D eigenvalue weighted by Gasteiger charge is -2.15. The van der Waals surface area contributed by atoms with Gasteiger partial charge in [-0.15, -0.1) is 10.2 Å². The van der Waals surface area contributed by atoms with Crippen LogP contribution in [0.3, 0.4) is 0 Å². The molecule has 0 bridgehead atoms. The van der Waals surface area contributed by atoms with Crippen LogP contribution in [0.5, 0.6) is 0 Å². The Labute approximate surface area is 174 Å². The van der Waals surface area contributed by atoms with Crippen molar-refractivity contribution in [3.63, 3.8) is 0 Å². The predicted octanol–water partition coefficient (Wildman–Crippen LogP) is 3.61. The largest absolute Gasteiger partial charge is 0.376 e. The van der Waals surface area contributed by atoms with E-state index in [1.54, 1.807) is 0 Å². The Hall–Kier alpha value is -2.32. The summed E-state index contributed by atoms with van der Waals surface area (Å²) in [6.45, 7) is 5.56. The lowest BCUT2D eigenvalue weighted by atomic mass is 10.1. The topological polar surface area (TPSA) is 84.8 Å². The summed E-state index contributed by atoms with van der Waals surface area (Å²) in [6.07, 6.45) is 5.16. The molecule has 1 amide bonds. The predicted molar refractivity (Wildman–Crippen MR) is 115 cm³/mol. The van der Waals surface area contributed by atoms with E-state index in [0.717, 1.165) is 53.3 Å². The van der Waals surface area contributed by atoms with Crippen LogP contribution in [-0.4, -0.2) is 50.2 Å². The van der Waals surface area contributed by atoms with E-state index in [4.69, 9.17) is 4.74 Å². The molecule has 3 heterocycles. The first-order chi connectivity index (χ1) is 14.2. The van der Waals surface area contributed by atoms with E-state index in [1.807, 2.05) is 25.3 Å². The zero-order chi connectivity index (χ0) is 20.2. The van der Waals surface area contributed by atoms with Gasteiger partial charge in [-0.3, -0.25) is 9.36 Å². The van der Waals surface area contributed by atoms with E-state index < -0.39 is 0 Å². The van der Waals surface area contributed by atoms with Gasteiger partial charge in [-0.2, -0.15) is 0 Å². The number of carbonyl (C=O) groups excluding carboxylic acids is 1. The fourth-order valence-electron chi connectivity index (χ4n) is 3.56. The van der Waals surface area contributed by atoms with Crippen LogP contribution in [0.25, 0.3) is 22.3 Å². The minimum atomic E-state index is 0.0182. The van der Waals surface area contributed by atoms with Crippen molar-refractivity contribution in [3.05, 3.63) is 30.5 Å². The third kappa shape index (κ3) is 4.48. The summed E-state index contributed by atoms with van der Waals surface area (Å²) in [4.78, 5) is 15.5. The van der Waals surface area contributed by atoms with E-state index in [9.17, 15) is 4.79 Å². The van der Waals surface area contributed by atoms with Gasteiger partial charge in [0.1, 0.15) is 0 Å². The van der Waals surface area contributed by atoms with E-state index in [1.165, 1.54) is 11.8 Å². The van der Waals surface area contributed by atoms with Gasteiger partial charge in [0.2, 0.25) is 5.91 Å². The first kappa shape index (κ1) is 20.0. The molecule has 7 nitrogen and oxygen atoms in total. The average Bonchev–Trinajstić information content (AvgIpc) is 3.46. The van der Waals surface area contributed by atoms with Crippen molar-refractivity contribution in [3.8, 4) is 11.4 Å². The summed E-state index contributed by atoms with van der Waals surface area (Å²) in [5.74, 6) is 1.15. The Morgan fingerprint density at radius 2 is 2.28 bits per heavy atom. The van der Waals surface area contributed by atoms with Crippen molar-refractivity contribution in [2.45, 2.75) is 57.0 Å². The quantitative estimate of drug-likeness (QED) is 0.551. The molecule has 0 spiro atoms. The van der Waals surface area contributed by atoms with Crippen molar-refractivity contribution in [1.29, 1.82) is 0 Å². The molecule has 0 radical (unpaired) electrons. The van der Waals surface area contributed by atoms with Crippen LogP contribution in [0.15, 0.2) is 35.6 Å². The molecule has 29 heavy (non-hydrogen) atoms. The summed E-state index contributed by atoms with van der Waals surface area (Å²) in [7, 11) is 0. The third-order valence-corrected chi connectivity index (χ3v) is 6.28. The molecule has 1 aliphatic heterocycles. The number of amides is 1. The number of rotatable bonds is 8. The molecule has 1 aromatic carbocycles. The fraction of sp³-hybridized carbons (Fsp3) is 0.476. The fourth-order valence-corrected chi connectivity index (χ4v) is 4.32. The highest BCUT2D eigenvalue weighted by molar-refractivity contribution is 7.99. The maximum atomic E-state index is 12.2. The van der Waals surface area contributed by atoms with Crippen LogP contribution in [0.1, 0.15) is 33.1 Å². The average molecular weight is 414 g/mol. The second-order valence-corrected chi connectivity index (χ2v) is 8.41. The lowest BCUT2D eigenvalue weighted by Crippen LogP contribution is -2.33. The van der Waals surface area contributed by atoms with Crippen molar-refractivity contribution >= 4 is 28.6 Å². The monoisotopic (exact) mass is 413 g/mol. The van der Waals surface area contributed by atoms with Gasteiger partial charge in [0.05, 0.1) is 18.4 Å². The number of nitrogens with one attached hydrogen (secondary N) is 2. The number of hydrogen-bond donors (Lipinski definition) is 2. The molecule has 3 aromatic rings. The number of thioether (sulfide) groups is 1. The molecule has 154 valence electrons. The highest BCUT2D eigenvalue weighted by Gasteiger charge is 2.23. The van der Waals surface area contributed by atoms with Gasteiger partial charge in [-0.25, -0.2) is 0 Å². The highest BCUT2D eigenvalue weighted by Crippen LogP contribution is 2.31. The summed E-state index contributed by atoms with van der Waals surface area (Å²) < 4.78 is 7.97. The Morgan fingerprint density at radius 1 is 1.41 bits per heavy atom. The van der Waals surface area contributed by atoms with Gasteiger partial charge in [0, 0.05) is 35.3 Å². The first-order valence-corrected chi connectivity index (χ1v) is 11.2. The zero-order valence-corrected chi connectivity index (χ0v) is 17.7.